The summed E-state index contributed by atoms with van der Waals surface area (Å²) in [6, 6.07) is 0. The zero-order chi connectivity index (χ0) is 5.98. The molecule has 0 saturated carbocycles. The van der Waals surface area contributed by atoms with Crippen LogP contribution in [-0.2, 0) is 0 Å². The van der Waals surface area contributed by atoms with Crippen molar-refractivity contribution in [1.29, 1.82) is 0 Å². The lowest BCUT2D eigenvalue weighted by atomic mass is 10.8. The van der Waals surface area contributed by atoms with Gasteiger partial charge in [0.2, 0.25) is 0 Å². The third-order valence-corrected chi connectivity index (χ3v) is 0.607. The van der Waals surface area contributed by atoms with Crippen molar-refractivity contribution in [2.45, 2.75) is 0 Å². The molecule has 2 N–H and O–H groups in total. The number of aromatic hydroxyl groups is 1. The molecule has 0 aliphatic rings. The van der Waals surface area contributed by atoms with Crippen LogP contribution in [0.15, 0.2) is 11.1 Å². The predicted octanol–water partition coefficient (Wildman–Crippen LogP) is -1.13. The van der Waals surface area contributed by atoms with Gasteiger partial charge in [-0.2, -0.15) is 10.1 Å². The summed E-state index contributed by atoms with van der Waals surface area (Å²) in [5, 5.41) is 13.6. The molecule has 42 valence electrons. The molecule has 1 aromatic heterocycles. The summed E-state index contributed by atoms with van der Waals surface area (Å²) in [6.45, 7) is 0. The summed E-state index contributed by atoms with van der Waals surface area (Å²) < 4.78 is 0. The Bertz CT molecular complexity index is 230. The molecule has 8 heavy (non-hydrogen) atoms. The van der Waals surface area contributed by atoms with E-state index in [-0.39, 0.29) is 0 Å². The topological polar surface area (TPSA) is 78.9 Å². The quantitative estimate of drug-likeness (QED) is 0.446. The minimum absolute atomic E-state index is 0.556. The molecule has 1 rings (SSSR count). The molecular formula is C3H3N3O2. The molecule has 0 unspecified atom stereocenters. The van der Waals surface area contributed by atoms with Crippen LogP contribution >= 0.6 is 0 Å². The molecule has 0 saturated heterocycles. The summed E-state index contributed by atoms with van der Waals surface area (Å²) in [6.07, 6.45) is 1.05. The van der Waals surface area contributed by atoms with Crippen LogP contribution in [0.4, 0.5) is 0 Å². The molecule has 0 aliphatic heterocycles. The van der Waals surface area contributed by atoms with Gasteiger partial charge in [-0.3, -0.25) is 4.79 Å². The second-order valence-corrected chi connectivity index (χ2v) is 1.14. The first-order chi connectivity index (χ1) is 3.80. The predicted molar refractivity (Wildman–Crippen MR) is 24.3 cm³/mol. The summed E-state index contributed by atoms with van der Waals surface area (Å²) in [4.78, 5) is 13.4. The number of aromatic amines is 1. The maximum absolute atomic E-state index is 10.2. The number of nitrogens with one attached hydrogen (secondary N) is 1. The minimum Gasteiger partial charge on any atom is -0.489 e. The number of aromatic nitrogens is 3. The van der Waals surface area contributed by atoms with E-state index in [4.69, 9.17) is 5.11 Å². The van der Waals surface area contributed by atoms with Gasteiger partial charge in [-0.1, -0.05) is 0 Å². The molecule has 0 atom stereocenters. The van der Waals surface area contributed by atoms with E-state index in [2.05, 4.69) is 10.1 Å². The van der Waals surface area contributed by atoms with E-state index in [1.165, 1.54) is 0 Å². The molecule has 5 heteroatoms. The van der Waals surface area contributed by atoms with Crippen molar-refractivity contribution in [2.24, 2.45) is 0 Å². The van der Waals surface area contributed by atoms with Crippen molar-refractivity contribution in [1.82, 2.24) is 15.2 Å². The molecule has 5 nitrogen and oxygen atoms in total. The van der Waals surface area contributed by atoms with Crippen LogP contribution in [0.2, 0.25) is 0 Å². The summed E-state index contributed by atoms with van der Waals surface area (Å²) in [5.41, 5.74) is -0.674. The number of rotatable bonds is 0. The highest BCUT2D eigenvalue weighted by molar-refractivity contribution is 4.95. The zero-order valence-electron chi connectivity index (χ0n) is 3.83. The van der Waals surface area contributed by atoms with Crippen LogP contribution in [0.3, 0.4) is 0 Å². The SMILES string of the molecule is O=c1[nH]ncnc1O. The third-order valence-electron chi connectivity index (χ3n) is 0.607. The van der Waals surface area contributed by atoms with Crippen LogP contribution in [0, 0.1) is 0 Å². The largest absolute Gasteiger partial charge is 0.489 e. The van der Waals surface area contributed by atoms with Gasteiger partial charge in [0, 0.05) is 0 Å². The maximum Gasteiger partial charge on any atom is 0.326 e. The van der Waals surface area contributed by atoms with Crippen molar-refractivity contribution in [3.8, 4) is 5.88 Å². The molecule has 0 aliphatic carbocycles. The second kappa shape index (κ2) is 1.61. The molecule has 0 bridgehead atoms. The number of nitrogens with zero attached hydrogens (tertiary/aromatic N) is 2. The highest BCUT2D eigenvalue weighted by Gasteiger charge is 1.90. The first-order valence-corrected chi connectivity index (χ1v) is 1.89. The third kappa shape index (κ3) is 0.651. The average Bonchev–Trinajstić information content (AvgIpc) is 1.77. The van der Waals surface area contributed by atoms with Gasteiger partial charge in [0.1, 0.15) is 6.33 Å². The Morgan fingerprint density at radius 3 is 2.88 bits per heavy atom. The fourth-order valence-corrected chi connectivity index (χ4v) is 0.280. The Morgan fingerprint density at radius 2 is 2.50 bits per heavy atom. The molecule has 0 amide bonds. The smallest absolute Gasteiger partial charge is 0.326 e. The maximum atomic E-state index is 10.2. The average molecular weight is 113 g/mol. The van der Waals surface area contributed by atoms with Crippen molar-refractivity contribution < 1.29 is 5.11 Å². The normalized spacial score (nSPS) is 9.00. The lowest BCUT2D eigenvalue weighted by Crippen LogP contribution is -2.07. The van der Waals surface area contributed by atoms with E-state index in [9.17, 15) is 4.79 Å². The fraction of sp³-hybridized carbons (Fsp3) is 0. The van der Waals surface area contributed by atoms with E-state index in [1.54, 1.807) is 0 Å². The van der Waals surface area contributed by atoms with E-state index >= 15 is 0 Å². The summed E-state index contributed by atoms with van der Waals surface area (Å²) >= 11 is 0. The van der Waals surface area contributed by atoms with E-state index < -0.39 is 11.4 Å². The van der Waals surface area contributed by atoms with Gasteiger partial charge in [0.15, 0.2) is 0 Å². The fourth-order valence-electron chi connectivity index (χ4n) is 0.280. The zero-order valence-corrected chi connectivity index (χ0v) is 3.83. The van der Waals surface area contributed by atoms with Crippen LogP contribution in [0.1, 0.15) is 0 Å². The van der Waals surface area contributed by atoms with Gasteiger partial charge >= 0.3 is 5.56 Å². The van der Waals surface area contributed by atoms with Gasteiger partial charge < -0.3 is 5.11 Å². The van der Waals surface area contributed by atoms with Gasteiger partial charge in [-0.25, -0.2) is 5.10 Å². The molecule has 0 radical (unpaired) electrons. The molecule has 1 heterocycles. The highest BCUT2D eigenvalue weighted by atomic mass is 16.3. The molecular weight excluding hydrogens is 110 g/mol. The monoisotopic (exact) mass is 113 g/mol. The second-order valence-electron chi connectivity index (χ2n) is 1.14. The Kier molecular flexibility index (Phi) is 0.957. The molecule has 0 aromatic carbocycles. The molecule has 0 spiro atoms. The summed E-state index contributed by atoms with van der Waals surface area (Å²) in [5.74, 6) is -0.556. The van der Waals surface area contributed by atoms with Gasteiger partial charge in [0.25, 0.3) is 5.88 Å². The van der Waals surface area contributed by atoms with Crippen LogP contribution in [-0.4, -0.2) is 20.3 Å². The number of hydrogen-bond donors (Lipinski definition) is 2. The van der Waals surface area contributed by atoms with Crippen molar-refractivity contribution in [3.63, 3.8) is 0 Å². The van der Waals surface area contributed by atoms with Crippen LogP contribution < -0.4 is 5.56 Å². The lowest BCUT2D eigenvalue weighted by molar-refractivity contribution is 0.440. The first kappa shape index (κ1) is 4.76. The van der Waals surface area contributed by atoms with Crippen LogP contribution in [0.25, 0.3) is 0 Å². The first-order valence-electron chi connectivity index (χ1n) is 1.89. The Balaban J connectivity index is 3.35. The lowest BCUT2D eigenvalue weighted by Gasteiger charge is -1.81. The van der Waals surface area contributed by atoms with E-state index in [0.29, 0.717) is 0 Å². The Labute approximate surface area is 44.0 Å². The Hall–Kier alpha value is -1.39. The number of H-pyrrole nitrogens is 1. The van der Waals surface area contributed by atoms with Gasteiger partial charge in [-0.05, 0) is 0 Å². The van der Waals surface area contributed by atoms with Crippen molar-refractivity contribution in [2.75, 3.05) is 0 Å². The van der Waals surface area contributed by atoms with E-state index in [1.807, 2.05) is 5.10 Å². The van der Waals surface area contributed by atoms with E-state index in [0.717, 1.165) is 6.33 Å². The minimum atomic E-state index is -0.674. The van der Waals surface area contributed by atoms with Gasteiger partial charge in [-0.15, -0.1) is 0 Å². The Morgan fingerprint density at radius 1 is 1.75 bits per heavy atom. The van der Waals surface area contributed by atoms with Crippen molar-refractivity contribution >= 4 is 0 Å². The number of hydrogen-bond acceptors (Lipinski definition) is 4. The van der Waals surface area contributed by atoms with Crippen molar-refractivity contribution in [3.05, 3.63) is 16.7 Å². The molecule has 1 aromatic rings. The standard InChI is InChI=1S/C3H3N3O2/c7-2-3(8)6-5-1-4-2/h1H,(H,6,8)(H,4,5,7). The highest BCUT2D eigenvalue weighted by Crippen LogP contribution is 1.82. The molecule has 0 fully saturated rings. The summed E-state index contributed by atoms with van der Waals surface area (Å²) in [7, 11) is 0. The van der Waals surface area contributed by atoms with Crippen LogP contribution in [0.5, 0.6) is 5.88 Å². The van der Waals surface area contributed by atoms with Gasteiger partial charge in [0.05, 0.1) is 0 Å².